The third-order valence-electron chi connectivity index (χ3n) is 3.10. The Morgan fingerprint density at radius 2 is 2.15 bits per heavy atom. The van der Waals surface area contributed by atoms with Gasteiger partial charge in [0.05, 0.1) is 10.5 Å². The molecule has 0 aliphatic rings. The summed E-state index contributed by atoms with van der Waals surface area (Å²) in [7, 11) is 0. The number of rotatable bonds is 8. The topological polar surface area (TPSA) is 84.6 Å². The van der Waals surface area contributed by atoms with Gasteiger partial charge in [0, 0.05) is 12.6 Å². The lowest BCUT2D eigenvalue weighted by Gasteiger charge is -2.21. The lowest BCUT2D eigenvalue weighted by molar-refractivity contribution is -0.386. The van der Waals surface area contributed by atoms with Crippen LogP contribution in [0.15, 0.2) is 18.2 Å². The van der Waals surface area contributed by atoms with Crippen molar-refractivity contribution in [2.24, 2.45) is 0 Å². The number of nitro groups is 1. The third kappa shape index (κ3) is 4.79. The zero-order valence-corrected chi connectivity index (χ0v) is 12.2. The van der Waals surface area contributed by atoms with Gasteiger partial charge in [0.2, 0.25) is 0 Å². The molecule has 0 bridgehead atoms. The Bertz CT molecular complexity index is 460. The number of aliphatic hydroxyl groups is 1. The summed E-state index contributed by atoms with van der Waals surface area (Å²) in [5.41, 5.74) is -0.239. The van der Waals surface area contributed by atoms with Crippen LogP contribution in [0.3, 0.4) is 0 Å². The number of nitrogens with one attached hydrogen (secondary N) is 1. The minimum Gasteiger partial charge on any atom is -0.484 e. The molecule has 0 fully saturated rings. The Morgan fingerprint density at radius 1 is 1.45 bits per heavy atom. The monoisotopic (exact) mass is 282 g/mol. The van der Waals surface area contributed by atoms with Gasteiger partial charge in [-0.1, -0.05) is 19.9 Å². The van der Waals surface area contributed by atoms with Crippen LogP contribution in [0.5, 0.6) is 5.75 Å². The van der Waals surface area contributed by atoms with Crippen molar-refractivity contribution >= 4 is 5.69 Å². The van der Waals surface area contributed by atoms with E-state index in [1.165, 1.54) is 6.07 Å². The normalized spacial score (nSPS) is 13.8. The standard InChI is InChI=1S/C14H22N2O4/c1-4-14(3,17)10-20-13-7-6-11(9-15-5-2)8-12(13)16(18)19/h6-8,15,17H,4-5,9-10H2,1-3H3. The molecule has 0 amide bonds. The minimum absolute atomic E-state index is 0.0247. The zero-order chi connectivity index (χ0) is 15.2. The number of ether oxygens (including phenoxy) is 1. The van der Waals surface area contributed by atoms with E-state index in [2.05, 4.69) is 5.32 Å². The van der Waals surface area contributed by atoms with E-state index < -0.39 is 10.5 Å². The quantitative estimate of drug-likeness (QED) is 0.564. The Balaban J connectivity index is 2.87. The van der Waals surface area contributed by atoms with Gasteiger partial charge in [0.15, 0.2) is 5.75 Å². The third-order valence-corrected chi connectivity index (χ3v) is 3.10. The predicted molar refractivity (Wildman–Crippen MR) is 76.9 cm³/mol. The predicted octanol–water partition coefficient (Wildman–Crippen LogP) is 2.24. The second-order valence-corrected chi connectivity index (χ2v) is 4.98. The molecular weight excluding hydrogens is 260 g/mol. The Morgan fingerprint density at radius 3 is 2.70 bits per heavy atom. The van der Waals surface area contributed by atoms with Crippen molar-refractivity contribution in [1.29, 1.82) is 0 Å². The lowest BCUT2D eigenvalue weighted by atomic mass is 10.1. The molecule has 0 radical (unpaired) electrons. The molecule has 6 nitrogen and oxygen atoms in total. The van der Waals surface area contributed by atoms with Gasteiger partial charge in [0.25, 0.3) is 0 Å². The van der Waals surface area contributed by atoms with Crippen LogP contribution in [0.25, 0.3) is 0 Å². The highest BCUT2D eigenvalue weighted by Crippen LogP contribution is 2.29. The highest BCUT2D eigenvalue weighted by atomic mass is 16.6. The summed E-state index contributed by atoms with van der Waals surface area (Å²) in [6, 6.07) is 4.86. The lowest BCUT2D eigenvalue weighted by Crippen LogP contribution is -2.31. The van der Waals surface area contributed by atoms with E-state index >= 15 is 0 Å². The largest absolute Gasteiger partial charge is 0.484 e. The molecule has 0 heterocycles. The van der Waals surface area contributed by atoms with E-state index in [9.17, 15) is 15.2 Å². The Hall–Kier alpha value is -1.66. The van der Waals surface area contributed by atoms with Gasteiger partial charge in [-0.15, -0.1) is 0 Å². The van der Waals surface area contributed by atoms with E-state index in [1.54, 1.807) is 19.1 Å². The van der Waals surface area contributed by atoms with Crippen LogP contribution in [0.4, 0.5) is 5.69 Å². The number of hydrogen-bond donors (Lipinski definition) is 2. The molecule has 0 aliphatic heterocycles. The summed E-state index contributed by atoms with van der Waals surface area (Å²) < 4.78 is 5.40. The van der Waals surface area contributed by atoms with E-state index in [1.807, 2.05) is 13.8 Å². The summed E-state index contributed by atoms with van der Waals surface area (Å²) in [5, 5.41) is 24.1. The minimum atomic E-state index is -0.990. The summed E-state index contributed by atoms with van der Waals surface area (Å²) in [6.07, 6.45) is 0.513. The Kier molecular flexibility index (Phi) is 5.91. The fraction of sp³-hybridized carbons (Fsp3) is 0.571. The van der Waals surface area contributed by atoms with Crippen molar-refractivity contribution in [3.05, 3.63) is 33.9 Å². The van der Waals surface area contributed by atoms with Crippen LogP contribution in [-0.4, -0.2) is 28.8 Å². The second-order valence-electron chi connectivity index (χ2n) is 4.98. The molecule has 112 valence electrons. The van der Waals surface area contributed by atoms with E-state index in [4.69, 9.17) is 4.74 Å². The van der Waals surface area contributed by atoms with E-state index in [-0.39, 0.29) is 18.0 Å². The van der Waals surface area contributed by atoms with Crippen molar-refractivity contribution in [3.8, 4) is 5.75 Å². The van der Waals surface area contributed by atoms with Crippen molar-refractivity contribution in [2.45, 2.75) is 39.3 Å². The van der Waals surface area contributed by atoms with Crippen LogP contribution < -0.4 is 10.1 Å². The van der Waals surface area contributed by atoms with Gasteiger partial charge in [-0.2, -0.15) is 0 Å². The first kappa shape index (κ1) is 16.4. The average molecular weight is 282 g/mol. The number of nitro benzene ring substituents is 1. The van der Waals surface area contributed by atoms with Crippen LogP contribution in [0.2, 0.25) is 0 Å². The van der Waals surface area contributed by atoms with Gasteiger partial charge in [-0.05, 0) is 31.5 Å². The molecule has 0 aliphatic carbocycles. The molecule has 1 aromatic carbocycles. The maximum absolute atomic E-state index is 11.1. The molecule has 20 heavy (non-hydrogen) atoms. The fourth-order valence-electron chi connectivity index (χ4n) is 1.54. The maximum atomic E-state index is 11.1. The van der Waals surface area contributed by atoms with Crippen molar-refractivity contribution in [3.63, 3.8) is 0 Å². The van der Waals surface area contributed by atoms with Crippen molar-refractivity contribution < 1.29 is 14.8 Å². The molecular formula is C14H22N2O4. The first-order valence-corrected chi connectivity index (χ1v) is 6.73. The zero-order valence-electron chi connectivity index (χ0n) is 12.2. The number of hydrogen-bond acceptors (Lipinski definition) is 5. The van der Waals surface area contributed by atoms with Gasteiger partial charge in [-0.3, -0.25) is 10.1 Å². The van der Waals surface area contributed by atoms with Gasteiger partial charge in [0.1, 0.15) is 6.61 Å². The van der Waals surface area contributed by atoms with Crippen LogP contribution in [-0.2, 0) is 6.54 Å². The molecule has 2 N–H and O–H groups in total. The van der Waals surface area contributed by atoms with Crippen molar-refractivity contribution in [2.75, 3.05) is 13.2 Å². The molecule has 1 atom stereocenters. The molecule has 0 aromatic heterocycles. The highest BCUT2D eigenvalue weighted by Gasteiger charge is 2.22. The summed E-state index contributed by atoms with van der Waals surface area (Å²) in [4.78, 5) is 10.6. The first-order valence-electron chi connectivity index (χ1n) is 6.73. The van der Waals surface area contributed by atoms with Crippen LogP contribution in [0, 0.1) is 10.1 Å². The SMILES string of the molecule is CCNCc1ccc(OCC(C)(O)CC)c([N+](=O)[O-])c1. The van der Waals surface area contributed by atoms with Crippen molar-refractivity contribution in [1.82, 2.24) is 5.32 Å². The average Bonchev–Trinajstić information content (AvgIpc) is 2.43. The molecule has 1 aromatic rings. The summed E-state index contributed by atoms with van der Waals surface area (Å²) in [5.74, 6) is 0.184. The fourth-order valence-corrected chi connectivity index (χ4v) is 1.54. The molecule has 0 saturated carbocycles. The maximum Gasteiger partial charge on any atom is 0.311 e. The molecule has 6 heteroatoms. The van der Waals surface area contributed by atoms with E-state index in [0.717, 1.165) is 12.1 Å². The number of nitrogens with zero attached hydrogens (tertiary/aromatic N) is 1. The smallest absolute Gasteiger partial charge is 0.311 e. The second kappa shape index (κ2) is 7.21. The summed E-state index contributed by atoms with van der Waals surface area (Å²) >= 11 is 0. The van der Waals surface area contributed by atoms with Crippen LogP contribution in [0.1, 0.15) is 32.8 Å². The molecule has 1 rings (SSSR count). The number of benzene rings is 1. The van der Waals surface area contributed by atoms with Gasteiger partial charge in [-0.25, -0.2) is 0 Å². The van der Waals surface area contributed by atoms with Crippen LogP contribution >= 0.6 is 0 Å². The molecule has 0 spiro atoms. The van der Waals surface area contributed by atoms with E-state index in [0.29, 0.717) is 13.0 Å². The Labute approximate surface area is 118 Å². The molecule has 0 saturated heterocycles. The van der Waals surface area contributed by atoms with Gasteiger partial charge < -0.3 is 15.2 Å². The first-order chi connectivity index (χ1) is 9.39. The molecule has 1 unspecified atom stereocenters. The summed E-state index contributed by atoms with van der Waals surface area (Å²) in [6.45, 7) is 6.83. The van der Waals surface area contributed by atoms with Gasteiger partial charge >= 0.3 is 5.69 Å². The highest BCUT2D eigenvalue weighted by molar-refractivity contribution is 5.48.